The predicted octanol–water partition coefficient (Wildman–Crippen LogP) is 3.16. The minimum Gasteiger partial charge on any atom is -0.463 e. The van der Waals surface area contributed by atoms with Crippen molar-refractivity contribution in [3.8, 4) is 0 Å². The van der Waals surface area contributed by atoms with Crippen LogP contribution in [0.3, 0.4) is 0 Å². The molecule has 0 aromatic carbocycles. The van der Waals surface area contributed by atoms with E-state index in [4.69, 9.17) is 4.74 Å². The van der Waals surface area contributed by atoms with E-state index in [1.807, 2.05) is 0 Å². The van der Waals surface area contributed by atoms with Crippen molar-refractivity contribution in [2.45, 2.75) is 166 Å². The molecule has 4 unspecified atom stereocenters. The third kappa shape index (κ3) is 12.8. The second-order valence-corrected chi connectivity index (χ2v) is 12.5. The van der Waals surface area contributed by atoms with Gasteiger partial charge in [0, 0.05) is 23.5 Å². The summed E-state index contributed by atoms with van der Waals surface area (Å²) in [7, 11) is 0. The molecular formula is C29H55N2O8. The highest BCUT2D eigenvalue weighted by molar-refractivity contribution is 5.81. The number of rotatable bonds is 19. The van der Waals surface area contributed by atoms with Crippen LogP contribution in [0.2, 0.25) is 0 Å². The highest BCUT2D eigenvalue weighted by Crippen LogP contribution is 2.37. The van der Waals surface area contributed by atoms with E-state index in [1.54, 1.807) is 27.7 Å². The Morgan fingerprint density at radius 2 is 1.28 bits per heavy atom. The predicted molar refractivity (Wildman–Crippen MR) is 148 cm³/mol. The Morgan fingerprint density at radius 3 is 1.77 bits per heavy atom. The third-order valence-corrected chi connectivity index (χ3v) is 7.67. The quantitative estimate of drug-likeness (QED) is 0.119. The fraction of sp³-hybridized carbons (Fsp3) is 0.931. The van der Waals surface area contributed by atoms with Gasteiger partial charge in [-0.25, -0.2) is 0 Å². The molecule has 5 N–H and O–H groups in total. The zero-order chi connectivity index (χ0) is 29.6. The first-order valence-electron chi connectivity index (χ1n) is 14.9. The van der Waals surface area contributed by atoms with Gasteiger partial charge in [0.25, 0.3) is 5.91 Å². The van der Waals surface area contributed by atoms with Gasteiger partial charge >= 0.3 is 5.97 Å². The van der Waals surface area contributed by atoms with Crippen molar-refractivity contribution in [1.82, 2.24) is 10.4 Å². The van der Waals surface area contributed by atoms with Gasteiger partial charge < -0.3 is 30.5 Å². The fourth-order valence-electron chi connectivity index (χ4n) is 5.50. The van der Waals surface area contributed by atoms with Crippen LogP contribution in [0.4, 0.5) is 0 Å². The summed E-state index contributed by atoms with van der Waals surface area (Å²) in [6.45, 7) is 8.72. The Balaban J connectivity index is 2.29. The zero-order valence-electron chi connectivity index (χ0n) is 24.9. The maximum Gasteiger partial charge on any atom is 0.305 e. The zero-order valence-corrected chi connectivity index (χ0v) is 24.9. The Kier molecular flexibility index (Phi) is 16.0. The summed E-state index contributed by atoms with van der Waals surface area (Å²) in [5.74, 6) is -1.43. The van der Waals surface area contributed by atoms with E-state index in [2.05, 4.69) is 12.2 Å². The number of aliphatic hydroxyl groups is 4. The summed E-state index contributed by atoms with van der Waals surface area (Å²) in [4.78, 5) is 24.5. The molecule has 39 heavy (non-hydrogen) atoms. The van der Waals surface area contributed by atoms with E-state index >= 15 is 0 Å². The minimum atomic E-state index is -2.02. The number of nitrogens with zero attached hydrogens (tertiary/aromatic N) is 1. The van der Waals surface area contributed by atoms with Crippen LogP contribution in [-0.4, -0.2) is 85.5 Å². The molecule has 0 aromatic rings. The van der Waals surface area contributed by atoms with E-state index in [0.717, 1.165) is 24.3 Å². The maximum atomic E-state index is 12.5. The monoisotopic (exact) mass is 559 g/mol. The summed E-state index contributed by atoms with van der Waals surface area (Å²) < 4.78 is 5.01. The third-order valence-electron chi connectivity index (χ3n) is 7.67. The number of ether oxygens (including phenoxy) is 1. The normalized spacial score (nSPS) is 20.7. The molecular weight excluding hydrogens is 504 g/mol. The summed E-state index contributed by atoms with van der Waals surface area (Å²) in [6.07, 6.45) is 6.04. The molecule has 0 spiro atoms. The van der Waals surface area contributed by atoms with Crippen LogP contribution in [0.1, 0.15) is 125 Å². The topological polar surface area (TPSA) is 159 Å². The molecule has 0 saturated carbocycles. The fourth-order valence-corrected chi connectivity index (χ4v) is 5.50. The van der Waals surface area contributed by atoms with Crippen molar-refractivity contribution < 1.29 is 40.0 Å². The molecule has 229 valence electrons. The molecule has 0 aromatic heterocycles. The van der Waals surface area contributed by atoms with Gasteiger partial charge in [-0.2, -0.15) is 0 Å². The lowest BCUT2D eigenvalue weighted by Gasteiger charge is -2.50. The number of aliphatic hydroxyl groups excluding tert-OH is 4. The van der Waals surface area contributed by atoms with Gasteiger partial charge in [0.05, 0.1) is 0 Å². The van der Waals surface area contributed by atoms with Crippen LogP contribution in [0.15, 0.2) is 0 Å². The number of amides is 1. The van der Waals surface area contributed by atoms with Crippen molar-refractivity contribution >= 4 is 11.9 Å². The number of unbranched alkanes of at least 4 members (excludes halogenated alkanes) is 10. The molecule has 0 aliphatic carbocycles. The lowest BCUT2D eigenvalue weighted by molar-refractivity contribution is -0.290. The number of hydroxylamine groups is 2. The first-order chi connectivity index (χ1) is 18.2. The lowest BCUT2D eigenvalue weighted by Crippen LogP contribution is -2.63. The molecule has 1 rings (SSSR count). The number of piperidine rings is 1. The summed E-state index contributed by atoms with van der Waals surface area (Å²) in [5.41, 5.74) is -1.48. The molecule has 1 aliphatic rings. The van der Waals surface area contributed by atoms with Crippen molar-refractivity contribution in [3.05, 3.63) is 0 Å². The van der Waals surface area contributed by atoms with E-state index in [1.165, 1.54) is 44.9 Å². The average molecular weight is 560 g/mol. The molecule has 10 heteroatoms. The van der Waals surface area contributed by atoms with Crippen molar-refractivity contribution in [3.63, 3.8) is 0 Å². The Labute approximate surface area is 235 Å². The first kappa shape index (κ1) is 35.7. The van der Waals surface area contributed by atoms with E-state index < -0.39 is 60.0 Å². The number of carbonyl (C=O) groups is 2. The summed E-state index contributed by atoms with van der Waals surface area (Å²) in [6, 6.07) is -0.423. The van der Waals surface area contributed by atoms with Crippen LogP contribution in [0.5, 0.6) is 0 Å². The largest absolute Gasteiger partial charge is 0.463 e. The Morgan fingerprint density at radius 1 is 0.821 bits per heavy atom. The highest BCUT2D eigenvalue weighted by Gasteiger charge is 2.47. The first-order valence-corrected chi connectivity index (χ1v) is 14.9. The van der Waals surface area contributed by atoms with Crippen molar-refractivity contribution in [2.24, 2.45) is 0 Å². The van der Waals surface area contributed by atoms with Crippen molar-refractivity contribution in [1.29, 1.82) is 0 Å². The van der Waals surface area contributed by atoms with Gasteiger partial charge in [-0.05, 0) is 47.0 Å². The van der Waals surface area contributed by atoms with E-state index in [0.29, 0.717) is 19.3 Å². The Bertz CT molecular complexity index is 699. The average Bonchev–Trinajstić information content (AvgIpc) is 2.87. The van der Waals surface area contributed by atoms with Gasteiger partial charge in [0.1, 0.15) is 24.9 Å². The molecule has 4 atom stereocenters. The smallest absolute Gasteiger partial charge is 0.305 e. The molecule has 1 aliphatic heterocycles. The highest BCUT2D eigenvalue weighted by atomic mass is 16.5. The number of hydrogen-bond donors (Lipinski definition) is 5. The lowest BCUT2D eigenvalue weighted by atomic mass is 9.79. The number of esters is 1. The molecule has 10 nitrogen and oxygen atoms in total. The number of carbonyl (C=O) groups excluding carboxylic acids is 2. The van der Waals surface area contributed by atoms with Gasteiger partial charge in [-0.3, -0.25) is 9.59 Å². The number of hydrogen-bond acceptors (Lipinski definition) is 8. The Hall–Kier alpha value is -1.30. The van der Waals surface area contributed by atoms with Crippen LogP contribution in [-0.2, 0) is 19.5 Å². The van der Waals surface area contributed by atoms with Crippen LogP contribution >= 0.6 is 0 Å². The van der Waals surface area contributed by atoms with Crippen LogP contribution < -0.4 is 5.32 Å². The molecule has 1 heterocycles. The molecule has 1 fully saturated rings. The molecule has 1 saturated heterocycles. The van der Waals surface area contributed by atoms with Gasteiger partial charge in [0.15, 0.2) is 6.10 Å². The summed E-state index contributed by atoms with van der Waals surface area (Å²) >= 11 is 0. The minimum absolute atomic E-state index is 0.197. The molecule has 0 bridgehead atoms. The van der Waals surface area contributed by atoms with Crippen LogP contribution in [0.25, 0.3) is 0 Å². The molecule has 1 amide bonds. The maximum absolute atomic E-state index is 12.5. The van der Waals surface area contributed by atoms with Gasteiger partial charge in [0.2, 0.25) is 0 Å². The number of nitrogens with one attached hydrogen (secondary N) is 1. The van der Waals surface area contributed by atoms with Crippen LogP contribution in [0, 0.1) is 0 Å². The second-order valence-electron chi connectivity index (χ2n) is 12.5. The summed E-state index contributed by atoms with van der Waals surface area (Å²) in [5, 5.41) is 57.0. The van der Waals surface area contributed by atoms with E-state index in [9.17, 15) is 35.2 Å². The SMILES string of the molecule is CCCCCCCCCCCCCC(=O)OCC(O)C(O)C(O)C(O)C(=O)NC1CC(C)(C)N([O])C(C)(C)C1. The van der Waals surface area contributed by atoms with Gasteiger partial charge in [-0.15, -0.1) is 10.3 Å². The van der Waals surface area contributed by atoms with Crippen molar-refractivity contribution in [2.75, 3.05) is 6.61 Å². The molecule has 1 radical (unpaired) electrons. The van der Waals surface area contributed by atoms with Gasteiger partial charge in [-0.1, -0.05) is 71.1 Å². The van der Waals surface area contributed by atoms with E-state index in [-0.39, 0.29) is 6.42 Å². The second kappa shape index (κ2) is 17.5. The standard InChI is InChI=1S/C29H55N2O8/c1-6-7-8-9-10-11-12-13-14-15-16-17-23(33)39-20-22(32)24(34)25(35)26(36)27(37)30-21-18-28(2,3)31(38)29(4,5)19-21/h21-22,24-26,32,34-36H,6-20H2,1-5H3,(H,30,37).